The molecule has 1 fully saturated rings. The number of carbonyl (C=O) groups excluding carboxylic acids is 2. The van der Waals surface area contributed by atoms with Crippen molar-refractivity contribution in [2.75, 3.05) is 6.54 Å². The quantitative estimate of drug-likeness (QED) is 0.143. The minimum absolute atomic E-state index is 0.175. The maximum atomic E-state index is 14.5. The summed E-state index contributed by atoms with van der Waals surface area (Å²) in [7, 11) is 0. The highest BCUT2D eigenvalue weighted by atomic mass is 32.2. The van der Waals surface area contributed by atoms with Crippen LogP contribution in [0.3, 0.4) is 0 Å². The van der Waals surface area contributed by atoms with Crippen molar-refractivity contribution in [2.24, 2.45) is 0 Å². The molecule has 1 aliphatic rings. The molecule has 1 aliphatic heterocycles. The number of carbonyl (C=O) groups is 3. The lowest BCUT2D eigenvalue weighted by atomic mass is 10.0. The Morgan fingerprint density at radius 2 is 1.55 bits per heavy atom. The second-order valence-electron chi connectivity index (χ2n) is 10.2. The third-order valence-electron chi connectivity index (χ3n) is 7.14. The lowest BCUT2D eigenvalue weighted by molar-refractivity contribution is -0.140. The van der Waals surface area contributed by atoms with E-state index in [-0.39, 0.29) is 27.8 Å². The monoisotopic (exact) mass is 622 g/mol. The molecular weight excluding hydrogens is 593 g/mol. The first-order valence-corrected chi connectivity index (χ1v) is 15.2. The highest BCUT2D eigenvalue weighted by molar-refractivity contribution is 8.26. The maximum Gasteiger partial charge on any atom is 0.323 e. The normalized spacial score (nSPS) is 14.5. The van der Waals surface area contributed by atoms with Crippen molar-refractivity contribution in [1.82, 2.24) is 9.80 Å². The van der Waals surface area contributed by atoms with Crippen LogP contribution >= 0.6 is 24.0 Å². The SMILES string of the molecule is C[C@@H](c1ccccc1)N(Cc1ccccc1)C(=O)c1cc(C=C2SC(=S)N(CC(=O)O)C2=O)ccc1OCc1ccccc1. The average molecular weight is 623 g/mol. The van der Waals surface area contributed by atoms with E-state index in [1.54, 1.807) is 24.3 Å². The fourth-order valence-electron chi connectivity index (χ4n) is 4.82. The first kappa shape index (κ1) is 30.7. The molecule has 0 aromatic heterocycles. The topological polar surface area (TPSA) is 87.2 Å². The number of amides is 2. The highest BCUT2D eigenvalue weighted by Gasteiger charge is 2.33. The van der Waals surface area contributed by atoms with E-state index in [1.165, 1.54) is 0 Å². The summed E-state index contributed by atoms with van der Waals surface area (Å²) >= 11 is 6.29. The molecule has 0 aliphatic carbocycles. The summed E-state index contributed by atoms with van der Waals surface area (Å²) in [5.41, 5.74) is 3.85. The van der Waals surface area contributed by atoms with Gasteiger partial charge in [0.15, 0.2) is 0 Å². The smallest absolute Gasteiger partial charge is 0.323 e. The van der Waals surface area contributed by atoms with Gasteiger partial charge >= 0.3 is 5.97 Å². The van der Waals surface area contributed by atoms with E-state index in [1.807, 2.05) is 103 Å². The maximum absolute atomic E-state index is 14.5. The number of hydrogen-bond donors (Lipinski definition) is 1. The molecule has 0 radical (unpaired) electrons. The lowest BCUT2D eigenvalue weighted by Gasteiger charge is -2.30. The van der Waals surface area contributed by atoms with Crippen LogP contribution in [0.4, 0.5) is 0 Å². The summed E-state index contributed by atoms with van der Waals surface area (Å²) in [5, 5.41) is 9.19. The second kappa shape index (κ2) is 14.2. The molecule has 5 rings (SSSR count). The molecule has 222 valence electrons. The molecule has 9 heteroatoms. The fraction of sp³-hybridized carbons (Fsp3) is 0.143. The van der Waals surface area contributed by atoms with Gasteiger partial charge in [0.05, 0.1) is 16.5 Å². The molecular formula is C35H30N2O5S2. The Balaban J connectivity index is 1.54. The van der Waals surface area contributed by atoms with Gasteiger partial charge in [0.25, 0.3) is 11.8 Å². The van der Waals surface area contributed by atoms with Crippen molar-refractivity contribution >= 4 is 52.2 Å². The molecule has 1 heterocycles. The van der Waals surface area contributed by atoms with Gasteiger partial charge in [-0.2, -0.15) is 0 Å². The number of thiocarbonyl (C=S) groups is 1. The van der Waals surface area contributed by atoms with Gasteiger partial charge in [-0.1, -0.05) is 121 Å². The molecule has 0 saturated carbocycles. The van der Waals surface area contributed by atoms with Crippen molar-refractivity contribution in [2.45, 2.75) is 26.1 Å². The van der Waals surface area contributed by atoms with E-state index in [9.17, 15) is 19.5 Å². The highest BCUT2D eigenvalue weighted by Crippen LogP contribution is 2.34. The minimum Gasteiger partial charge on any atom is -0.488 e. The first-order chi connectivity index (χ1) is 21.3. The van der Waals surface area contributed by atoms with Crippen LogP contribution in [0.5, 0.6) is 5.75 Å². The Kier molecular flexibility index (Phi) is 9.89. The Morgan fingerprint density at radius 3 is 2.18 bits per heavy atom. The number of thioether (sulfide) groups is 1. The van der Waals surface area contributed by atoms with Crippen LogP contribution in [0.25, 0.3) is 6.08 Å². The Hall–Kier alpha value is -4.73. The average Bonchev–Trinajstić information content (AvgIpc) is 3.30. The molecule has 1 N–H and O–H groups in total. The zero-order chi connectivity index (χ0) is 31.1. The van der Waals surface area contributed by atoms with Gasteiger partial charge in [0.2, 0.25) is 0 Å². The summed E-state index contributed by atoms with van der Waals surface area (Å²) in [6.07, 6.45) is 1.63. The second-order valence-corrected chi connectivity index (χ2v) is 11.9. The van der Waals surface area contributed by atoms with Crippen molar-refractivity contribution in [3.63, 3.8) is 0 Å². The Bertz CT molecular complexity index is 1690. The third kappa shape index (κ3) is 7.42. The largest absolute Gasteiger partial charge is 0.488 e. The van der Waals surface area contributed by atoms with Crippen molar-refractivity contribution in [3.05, 3.63) is 142 Å². The molecule has 44 heavy (non-hydrogen) atoms. The number of carboxylic acids is 1. The van der Waals surface area contributed by atoms with E-state index in [0.29, 0.717) is 23.4 Å². The molecule has 1 saturated heterocycles. The zero-order valence-corrected chi connectivity index (χ0v) is 25.6. The zero-order valence-electron chi connectivity index (χ0n) is 24.0. The standard InChI is InChI=1S/C35H30N2O5S2/c1-24(28-15-9-4-10-16-28)36(21-25-11-5-2-6-12-25)33(40)29-19-27(17-18-30(29)42-23-26-13-7-3-8-14-26)20-31-34(41)37(22-32(38)39)35(43)44-31/h2-20,24H,21-23H2,1H3,(H,38,39)/t24-/m0/s1. The summed E-state index contributed by atoms with van der Waals surface area (Å²) in [6, 6.07) is 34.3. The van der Waals surface area contributed by atoms with Crippen LogP contribution in [0.15, 0.2) is 114 Å². The van der Waals surface area contributed by atoms with Crippen LogP contribution in [0.1, 0.15) is 45.6 Å². The van der Waals surface area contributed by atoms with Crippen molar-refractivity contribution in [3.8, 4) is 5.75 Å². The predicted molar refractivity (Wildman–Crippen MR) is 176 cm³/mol. The number of benzene rings is 4. The van der Waals surface area contributed by atoms with E-state index in [4.69, 9.17) is 17.0 Å². The number of carboxylic acid groups (broad SMARTS) is 1. The van der Waals surface area contributed by atoms with Crippen molar-refractivity contribution in [1.29, 1.82) is 0 Å². The molecule has 4 aromatic rings. The van der Waals surface area contributed by atoms with E-state index >= 15 is 0 Å². The molecule has 0 bridgehead atoms. The first-order valence-electron chi connectivity index (χ1n) is 14.0. The number of rotatable bonds is 11. The van der Waals surface area contributed by atoms with Gasteiger partial charge in [-0.3, -0.25) is 19.3 Å². The van der Waals surface area contributed by atoms with Gasteiger partial charge < -0.3 is 14.7 Å². The molecule has 0 unspecified atom stereocenters. The van der Waals surface area contributed by atoms with E-state index < -0.39 is 18.4 Å². The van der Waals surface area contributed by atoms with E-state index in [2.05, 4.69) is 0 Å². The van der Waals surface area contributed by atoms with Crippen molar-refractivity contribution < 1.29 is 24.2 Å². The van der Waals surface area contributed by atoms with E-state index in [0.717, 1.165) is 33.4 Å². The van der Waals surface area contributed by atoms with Crippen LogP contribution in [0.2, 0.25) is 0 Å². The lowest BCUT2D eigenvalue weighted by Crippen LogP contribution is -2.33. The van der Waals surface area contributed by atoms with Crippen LogP contribution in [-0.4, -0.2) is 43.6 Å². The number of nitrogens with zero attached hydrogens (tertiary/aromatic N) is 2. The fourth-order valence-corrected chi connectivity index (χ4v) is 6.07. The van der Waals surface area contributed by atoms with Gasteiger partial charge in [0.1, 0.15) is 23.2 Å². The van der Waals surface area contributed by atoms with Crippen LogP contribution < -0.4 is 4.74 Å². The summed E-state index contributed by atoms with van der Waals surface area (Å²) in [4.78, 5) is 41.9. The molecule has 1 atom stereocenters. The minimum atomic E-state index is -1.15. The molecule has 4 aromatic carbocycles. The van der Waals surface area contributed by atoms with Gasteiger partial charge in [0, 0.05) is 6.54 Å². The summed E-state index contributed by atoms with van der Waals surface area (Å²) < 4.78 is 6.39. The number of ether oxygens (including phenoxy) is 1. The molecule has 0 spiro atoms. The summed E-state index contributed by atoms with van der Waals surface area (Å²) in [5.74, 6) is -1.46. The van der Waals surface area contributed by atoms with Gasteiger partial charge in [-0.15, -0.1) is 0 Å². The van der Waals surface area contributed by atoms with Gasteiger partial charge in [-0.05, 0) is 47.4 Å². The number of hydrogen-bond acceptors (Lipinski definition) is 6. The molecule has 2 amide bonds. The van der Waals surface area contributed by atoms with Crippen LogP contribution in [0, 0.1) is 0 Å². The molecule has 7 nitrogen and oxygen atoms in total. The third-order valence-corrected chi connectivity index (χ3v) is 8.52. The Morgan fingerprint density at radius 1 is 0.932 bits per heavy atom. The predicted octanol–water partition coefficient (Wildman–Crippen LogP) is 6.96. The van der Waals surface area contributed by atoms with Gasteiger partial charge in [-0.25, -0.2) is 0 Å². The summed E-state index contributed by atoms with van der Waals surface area (Å²) in [6.45, 7) is 2.12. The number of aliphatic carboxylic acids is 1. The van der Waals surface area contributed by atoms with Crippen LogP contribution in [-0.2, 0) is 22.7 Å². The Labute approximate surface area is 265 Å².